The van der Waals surface area contributed by atoms with Crippen LogP contribution in [0.2, 0.25) is 5.02 Å². The van der Waals surface area contributed by atoms with Crippen molar-refractivity contribution >= 4 is 29.5 Å². The highest BCUT2D eigenvalue weighted by Gasteiger charge is 2.39. The van der Waals surface area contributed by atoms with Gasteiger partial charge in [0.15, 0.2) is 0 Å². The summed E-state index contributed by atoms with van der Waals surface area (Å²) in [5.74, 6) is -0.444. The zero-order valence-corrected chi connectivity index (χ0v) is 23.1. The fraction of sp³-hybridized carbons (Fsp3) is 0.414. The predicted molar refractivity (Wildman–Crippen MR) is 147 cm³/mol. The lowest BCUT2D eigenvalue weighted by molar-refractivity contribution is -0.139. The van der Waals surface area contributed by atoms with Crippen LogP contribution in [0, 0.1) is 6.92 Å². The molecule has 1 fully saturated rings. The zero-order valence-electron chi connectivity index (χ0n) is 22.4. The maximum absolute atomic E-state index is 13.3. The summed E-state index contributed by atoms with van der Waals surface area (Å²) in [6.45, 7) is 10.5. The number of likely N-dealkylation sites (N-methyl/N-ethyl adjacent to an activating group) is 1. The van der Waals surface area contributed by atoms with Gasteiger partial charge >= 0.3 is 12.0 Å². The van der Waals surface area contributed by atoms with Gasteiger partial charge < -0.3 is 15.0 Å². The Bertz CT molecular complexity index is 1210. The van der Waals surface area contributed by atoms with E-state index in [-0.39, 0.29) is 24.6 Å². The maximum atomic E-state index is 13.3. The number of ether oxygens (including phenoxy) is 1. The van der Waals surface area contributed by atoms with Crippen LogP contribution in [-0.2, 0) is 9.53 Å². The molecule has 2 aliphatic heterocycles. The van der Waals surface area contributed by atoms with Crippen LogP contribution < -0.4 is 5.32 Å². The van der Waals surface area contributed by atoms with Gasteiger partial charge in [0.05, 0.1) is 18.2 Å². The van der Waals surface area contributed by atoms with Gasteiger partial charge in [-0.2, -0.15) is 0 Å². The molecule has 3 amide bonds. The third-order valence-electron chi connectivity index (χ3n) is 7.10. The van der Waals surface area contributed by atoms with Crippen molar-refractivity contribution in [3.05, 3.63) is 81.5 Å². The Labute approximate surface area is 229 Å². The van der Waals surface area contributed by atoms with Crippen LogP contribution in [0.5, 0.6) is 0 Å². The fourth-order valence-corrected chi connectivity index (χ4v) is 5.24. The minimum Gasteiger partial charge on any atom is -0.463 e. The second kappa shape index (κ2) is 12.0. The molecule has 9 heteroatoms. The Morgan fingerprint density at radius 3 is 2.34 bits per heavy atom. The number of halogens is 1. The largest absolute Gasteiger partial charge is 0.463 e. The lowest BCUT2D eigenvalue weighted by atomic mass is 9.94. The van der Waals surface area contributed by atoms with E-state index in [0.717, 1.165) is 11.1 Å². The number of piperazine rings is 1. The molecule has 2 aliphatic rings. The molecule has 38 heavy (non-hydrogen) atoms. The van der Waals surface area contributed by atoms with Crippen LogP contribution in [-0.4, -0.2) is 78.0 Å². The average Bonchev–Trinajstić information content (AvgIpc) is 2.89. The first kappa shape index (κ1) is 27.7. The molecule has 2 aromatic rings. The molecule has 2 unspecified atom stereocenters. The minimum absolute atomic E-state index is 0.0126. The predicted octanol–water partition coefficient (Wildman–Crippen LogP) is 4.40. The highest BCUT2D eigenvalue weighted by molar-refractivity contribution is 6.30. The van der Waals surface area contributed by atoms with Crippen molar-refractivity contribution in [2.45, 2.75) is 39.8 Å². The molecular weight excluding hydrogens is 504 g/mol. The lowest BCUT2D eigenvalue weighted by Gasteiger charge is -2.43. The smallest absolute Gasteiger partial charge is 0.338 e. The summed E-state index contributed by atoms with van der Waals surface area (Å²) in [6, 6.07) is 13.8. The maximum Gasteiger partial charge on any atom is 0.338 e. The van der Waals surface area contributed by atoms with Gasteiger partial charge in [0.2, 0.25) is 0 Å². The lowest BCUT2D eigenvalue weighted by Crippen LogP contribution is -2.56. The Kier molecular flexibility index (Phi) is 8.74. The number of nitrogens with one attached hydrogen (secondary N) is 1. The van der Waals surface area contributed by atoms with Crippen molar-refractivity contribution in [3.8, 4) is 0 Å². The van der Waals surface area contributed by atoms with Crippen molar-refractivity contribution in [2.24, 2.45) is 0 Å². The van der Waals surface area contributed by atoms with Crippen molar-refractivity contribution in [2.75, 3.05) is 39.3 Å². The van der Waals surface area contributed by atoms with E-state index < -0.39 is 12.0 Å². The van der Waals surface area contributed by atoms with E-state index in [2.05, 4.69) is 10.2 Å². The van der Waals surface area contributed by atoms with Gasteiger partial charge in [-0.15, -0.1) is 0 Å². The number of aryl methyl sites for hydroxylation is 1. The first-order valence-corrected chi connectivity index (χ1v) is 13.4. The van der Waals surface area contributed by atoms with E-state index in [0.29, 0.717) is 54.6 Å². The summed E-state index contributed by atoms with van der Waals surface area (Å²) >= 11 is 6.09. The van der Waals surface area contributed by atoms with Gasteiger partial charge in [-0.05, 0) is 57.5 Å². The third kappa shape index (κ3) is 5.87. The van der Waals surface area contributed by atoms with Gasteiger partial charge in [0, 0.05) is 55.0 Å². The molecule has 0 radical (unpaired) electrons. The molecular formula is C29H35ClN4O4. The van der Waals surface area contributed by atoms with Crippen molar-refractivity contribution in [3.63, 3.8) is 0 Å². The first-order chi connectivity index (χ1) is 18.2. The standard InChI is InChI=1S/C29H35ClN4O4/c1-5-33-24(18-32-15-16-34(20(4)17-32)27(35)22-9-7-19(3)8-10-22)25(28(36)38-6-2)26(31-29(33)37)21-11-13-23(30)14-12-21/h7-14,20,26H,5-6,15-18H2,1-4H3,(H,31,37). The SMILES string of the molecule is CCOC(=O)C1=C(CN2CCN(C(=O)c3ccc(C)cc3)C(C)C2)N(CC)C(=O)NC1c1ccc(Cl)cc1. The van der Waals surface area contributed by atoms with E-state index in [1.165, 1.54) is 0 Å². The number of rotatable bonds is 7. The second-order valence-corrected chi connectivity index (χ2v) is 10.1. The molecule has 1 saturated heterocycles. The molecule has 4 rings (SSSR count). The van der Waals surface area contributed by atoms with Gasteiger partial charge in [-0.1, -0.05) is 41.4 Å². The summed E-state index contributed by atoms with van der Waals surface area (Å²) in [5, 5.41) is 3.55. The van der Waals surface area contributed by atoms with Crippen LogP contribution in [0.1, 0.15) is 48.3 Å². The van der Waals surface area contributed by atoms with E-state index in [1.807, 2.05) is 62.1 Å². The third-order valence-corrected chi connectivity index (χ3v) is 7.35. The van der Waals surface area contributed by atoms with Gasteiger partial charge in [0.25, 0.3) is 5.91 Å². The molecule has 0 bridgehead atoms. The molecule has 0 aliphatic carbocycles. The molecule has 8 nitrogen and oxygen atoms in total. The van der Waals surface area contributed by atoms with E-state index in [4.69, 9.17) is 16.3 Å². The minimum atomic E-state index is -0.654. The molecule has 2 aromatic carbocycles. The second-order valence-electron chi connectivity index (χ2n) is 9.71. The number of hydrogen-bond acceptors (Lipinski definition) is 5. The number of carbonyl (C=O) groups excluding carboxylic acids is 3. The van der Waals surface area contributed by atoms with Gasteiger partial charge in [-0.3, -0.25) is 14.6 Å². The first-order valence-electron chi connectivity index (χ1n) is 13.1. The number of benzene rings is 2. The average molecular weight is 539 g/mol. The van der Waals surface area contributed by atoms with Crippen LogP contribution in [0.25, 0.3) is 0 Å². The molecule has 0 spiro atoms. The quantitative estimate of drug-likeness (QED) is 0.528. The van der Waals surface area contributed by atoms with Crippen molar-refractivity contribution in [1.29, 1.82) is 0 Å². The van der Waals surface area contributed by atoms with Gasteiger partial charge in [-0.25, -0.2) is 9.59 Å². The normalized spacial score (nSPS) is 20.4. The highest BCUT2D eigenvalue weighted by Crippen LogP contribution is 2.33. The molecule has 202 valence electrons. The van der Waals surface area contributed by atoms with Crippen LogP contribution in [0.4, 0.5) is 4.79 Å². The Hall–Kier alpha value is -3.36. The van der Waals surface area contributed by atoms with E-state index in [1.54, 1.807) is 24.0 Å². The van der Waals surface area contributed by atoms with Crippen LogP contribution in [0.3, 0.4) is 0 Å². The van der Waals surface area contributed by atoms with Crippen LogP contribution >= 0.6 is 11.6 Å². The summed E-state index contributed by atoms with van der Waals surface area (Å²) in [4.78, 5) is 45.3. The topological polar surface area (TPSA) is 82.2 Å². The zero-order chi connectivity index (χ0) is 27.4. The molecule has 0 saturated carbocycles. The number of esters is 1. The Morgan fingerprint density at radius 1 is 1.05 bits per heavy atom. The number of urea groups is 1. The summed E-state index contributed by atoms with van der Waals surface area (Å²) in [5.41, 5.74) is 3.58. The van der Waals surface area contributed by atoms with E-state index in [9.17, 15) is 14.4 Å². The Balaban J connectivity index is 1.62. The van der Waals surface area contributed by atoms with Gasteiger partial charge in [0.1, 0.15) is 0 Å². The molecule has 2 atom stereocenters. The number of nitrogens with zero attached hydrogens (tertiary/aromatic N) is 3. The van der Waals surface area contributed by atoms with Crippen molar-refractivity contribution < 1.29 is 19.1 Å². The molecule has 0 aromatic heterocycles. The monoisotopic (exact) mass is 538 g/mol. The van der Waals surface area contributed by atoms with E-state index >= 15 is 0 Å². The number of carbonyl (C=O) groups is 3. The molecule has 1 N–H and O–H groups in total. The number of amides is 3. The summed E-state index contributed by atoms with van der Waals surface area (Å²) in [7, 11) is 0. The summed E-state index contributed by atoms with van der Waals surface area (Å²) in [6.07, 6.45) is 0. The number of hydrogen-bond donors (Lipinski definition) is 1. The van der Waals surface area contributed by atoms with Crippen molar-refractivity contribution in [1.82, 2.24) is 20.0 Å². The molecule has 2 heterocycles. The highest BCUT2D eigenvalue weighted by atomic mass is 35.5. The fourth-order valence-electron chi connectivity index (χ4n) is 5.12. The summed E-state index contributed by atoms with van der Waals surface area (Å²) < 4.78 is 5.46. The van der Waals surface area contributed by atoms with Crippen LogP contribution in [0.15, 0.2) is 59.8 Å². The Morgan fingerprint density at radius 2 is 1.74 bits per heavy atom.